The Labute approximate surface area is 202 Å². The molecule has 0 spiro atoms. The van der Waals surface area contributed by atoms with Gasteiger partial charge in [-0.3, -0.25) is 6.08 Å². The van der Waals surface area contributed by atoms with E-state index in [0.717, 1.165) is 6.42 Å². The third kappa shape index (κ3) is 6.61. The number of allylic oxidation sites excluding steroid dienone is 8. The Morgan fingerprint density at radius 3 is 1.76 bits per heavy atom. The summed E-state index contributed by atoms with van der Waals surface area (Å²) >= 11 is 1.46. The first-order valence-corrected chi connectivity index (χ1v) is 10.6. The Kier molecular flexibility index (Phi) is 11.0. The van der Waals surface area contributed by atoms with Crippen LogP contribution in [-0.4, -0.2) is 3.21 Å². The molecule has 0 amide bonds. The molecule has 1 unspecified atom stereocenters. The van der Waals surface area contributed by atoms with Crippen LogP contribution < -0.4 is 24.8 Å². The van der Waals surface area contributed by atoms with Gasteiger partial charge in [-0.2, -0.15) is 11.1 Å². The van der Waals surface area contributed by atoms with Gasteiger partial charge in [0.05, 0.1) is 0 Å². The predicted molar refractivity (Wildman–Crippen MR) is 112 cm³/mol. The van der Waals surface area contributed by atoms with Crippen LogP contribution in [0, 0.1) is 12.0 Å². The summed E-state index contributed by atoms with van der Waals surface area (Å²) in [6, 6.07) is 21.1. The molecule has 0 radical (unpaired) electrons. The quantitative estimate of drug-likeness (QED) is 0.537. The Hall–Kier alpha value is -1.27. The molecule has 2 aliphatic rings. The van der Waals surface area contributed by atoms with Gasteiger partial charge < -0.3 is 24.8 Å². The second kappa shape index (κ2) is 12.4. The summed E-state index contributed by atoms with van der Waals surface area (Å²) in [5.74, 6) is 0.468. The fourth-order valence-corrected chi connectivity index (χ4v) is 4.19. The fourth-order valence-electron chi connectivity index (χ4n) is 3.37. The molecule has 1 atom stereocenters. The van der Waals surface area contributed by atoms with Crippen LogP contribution in [0.5, 0.6) is 0 Å². The average molecular weight is 500 g/mol. The van der Waals surface area contributed by atoms with Crippen molar-refractivity contribution in [3.63, 3.8) is 0 Å². The van der Waals surface area contributed by atoms with Gasteiger partial charge in [-0.25, -0.2) is 5.57 Å². The van der Waals surface area contributed by atoms with Crippen LogP contribution in [0.3, 0.4) is 0 Å². The van der Waals surface area contributed by atoms with Gasteiger partial charge in [-0.15, -0.1) is 6.92 Å². The van der Waals surface area contributed by atoms with Crippen molar-refractivity contribution in [2.75, 3.05) is 0 Å². The van der Waals surface area contributed by atoms with Crippen molar-refractivity contribution in [2.45, 2.75) is 27.2 Å². The molecule has 2 aromatic carbocycles. The van der Waals surface area contributed by atoms with Crippen molar-refractivity contribution in [3.05, 3.63) is 118 Å². The molecule has 0 nitrogen and oxygen atoms in total. The van der Waals surface area contributed by atoms with Gasteiger partial charge in [0, 0.05) is 0 Å². The topological polar surface area (TPSA) is 0 Å². The van der Waals surface area contributed by atoms with Crippen LogP contribution in [0.15, 0.2) is 101 Å². The molecular formula is C26H25Cl2Zr-. The van der Waals surface area contributed by atoms with Gasteiger partial charge in [0.25, 0.3) is 0 Å². The van der Waals surface area contributed by atoms with E-state index in [1.165, 1.54) is 60.9 Å². The molecule has 2 aromatic rings. The van der Waals surface area contributed by atoms with Gasteiger partial charge >= 0.3 is 99.2 Å². The Balaban J connectivity index is 0.000000272. The Morgan fingerprint density at radius 1 is 0.862 bits per heavy atom. The van der Waals surface area contributed by atoms with E-state index in [4.69, 9.17) is 0 Å². The Morgan fingerprint density at radius 2 is 1.38 bits per heavy atom. The van der Waals surface area contributed by atoms with Gasteiger partial charge in [0.15, 0.2) is 0 Å². The van der Waals surface area contributed by atoms with Gasteiger partial charge in [-0.05, 0) is 6.42 Å². The van der Waals surface area contributed by atoms with Crippen molar-refractivity contribution in [3.8, 4) is 0 Å². The zero-order valence-electron chi connectivity index (χ0n) is 17.0. The molecule has 3 heteroatoms. The van der Waals surface area contributed by atoms with Crippen molar-refractivity contribution in [1.82, 2.24) is 0 Å². The van der Waals surface area contributed by atoms with E-state index in [2.05, 4.69) is 106 Å². The molecule has 29 heavy (non-hydrogen) atoms. The minimum absolute atomic E-state index is 0. The molecule has 0 saturated carbocycles. The summed E-state index contributed by atoms with van der Waals surface area (Å²) in [6.45, 7) is 6.57. The number of hydrogen-bond acceptors (Lipinski definition) is 0. The molecule has 0 N–H and O–H groups in total. The van der Waals surface area contributed by atoms with Crippen LogP contribution in [0.2, 0.25) is 0 Å². The first-order valence-electron chi connectivity index (χ1n) is 9.40. The average Bonchev–Trinajstić information content (AvgIpc) is 3.34. The summed E-state index contributed by atoms with van der Waals surface area (Å²) in [6.07, 6.45) is 11.2. The predicted octanol–water partition coefficient (Wildman–Crippen LogP) is 0.399. The normalized spacial score (nSPS) is 16.8. The van der Waals surface area contributed by atoms with Gasteiger partial charge in [0.1, 0.15) is 0 Å². The first kappa shape index (κ1) is 25.8. The van der Waals surface area contributed by atoms with Gasteiger partial charge in [0.2, 0.25) is 0 Å². The SMILES string of the molecule is CC1=[C-]C(C2=CC=CC2)C(C)=C1C.[Cl-].[Cl-].[Zr+2]=[C](c1ccccc1)c1ccccc1. The van der Waals surface area contributed by atoms with Crippen molar-refractivity contribution in [1.29, 1.82) is 0 Å². The molecule has 148 valence electrons. The third-order valence-corrected chi connectivity index (χ3v) is 6.66. The van der Waals surface area contributed by atoms with E-state index in [1.807, 2.05) is 0 Å². The zero-order valence-corrected chi connectivity index (χ0v) is 21.0. The number of rotatable bonds is 3. The summed E-state index contributed by atoms with van der Waals surface area (Å²) in [5, 5.41) is 0. The van der Waals surface area contributed by atoms with Gasteiger partial charge in [-0.1, -0.05) is 43.6 Å². The monoisotopic (exact) mass is 497 g/mol. The summed E-state index contributed by atoms with van der Waals surface area (Å²) in [7, 11) is 0. The van der Waals surface area contributed by atoms with E-state index in [9.17, 15) is 0 Å². The Bertz CT molecular complexity index is 894. The molecule has 0 aromatic heterocycles. The van der Waals surface area contributed by atoms with Crippen LogP contribution >= 0.6 is 0 Å². The molecular weight excluding hydrogens is 474 g/mol. The van der Waals surface area contributed by atoms with E-state index in [0.29, 0.717) is 5.92 Å². The molecule has 4 rings (SSSR count). The summed E-state index contributed by atoms with van der Waals surface area (Å²) in [5.41, 5.74) is 8.39. The van der Waals surface area contributed by atoms with Crippen molar-refractivity contribution in [2.24, 2.45) is 5.92 Å². The maximum atomic E-state index is 3.53. The summed E-state index contributed by atoms with van der Waals surface area (Å²) < 4.78 is 1.42. The standard InChI is InChI=1S/C13H15.C13H10.2ClH.Zr/c1-9-8-13(11(3)10(9)2)12-6-4-5-7-12;1-3-7-12(8-4-1)11-13-9-5-2-6-10-13;;;/h4-6,13H,7H2,1-3H3;1-10H;2*1H;/q-1;;;;+2/p-2. The minimum atomic E-state index is 0. The van der Waals surface area contributed by atoms with Crippen LogP contribution in [0.25, 0.3) is 0 Å². The molecule has 0 saturated heterocycles. The molecule has 2 aliphatic carbocycles. The molecule has 0 bridgehead atoms. The van der Waals surface area contributed by atoms with Crippen molar-refractivity contribution >= 4 is 3.21 Å². The molecule has 0 aliphatic heterocycles. The van der Waals surface area contributed by atoms with Crippen LogP contribution in [0.4, 0.5) is 0 Å². The molecule has 0 heterocycles. The van der Waals surface area contributed by atoms with E-state index in [1.54, 1.807) is 0 Å². The van der Waals surface area contributed by atoms with E-state index in [-0.39, 0.29) is 24.8 Å². The molecule has 0 fully saturated rings. The van der Waals surface area contributed by atoms with Crippen molar-refractivity contribution < 1.29 is 49.0 Å². The second-order valence-electron chi connectivity index (χ2n) is 6.99. The number of hydrogen-bond donors (Lipinski definition) is 0. The number of benzene rings is 2. The summed E-state index contributed by atoms with van der Waals surface area (Å²) in [4.78, 5) is 0. The zero-order chi connectivity index (χ0) is 19.2. The first-order chi connectivity index (χ1) is 13.1. The van der Waals surface area contributed by atoms with E-state index >= 15 is 0 Å². The van der Waals surface area contributed by atoms with Crippen LogP contribution in [0.1, 0.15) is 38.3 Å². The fraction of sp³-hybridized carbons (Fsp3) is 0.192. The third-order valence-electron chi connectivity index (χ3n) is 5.24. The second-order valence-corrected chi connectivity index (χ2v) is 8.22. The van der Waals surface area contributed by atoms with Crippen LogP contribution in [-0.2, 0) is 24.2 Å². The number of halogens is 2. The maximum absolute atomic E-state index is 3.53. The van der Waals surface area contributed by atoms with E-state index < -0.39 is 0 Å².